The summed E-state index contributed by atoms with van der Waals surface area (Å²) < 4.78 is 0. The number of benzene rings is 1. The number of urea groups is 1. The van der Waals surface area contributed by atoms with Crippen LogP contribution in [0.15, 0.2) is 42.5 Å². The number of aromatic nitrogens is 1. The minimum atomic E-state index is -0.216. The van der Waals surface area contributed by atoms with E-state index in [9.17, 15) is 4.79 Å². The van der Waals surface area contributed by atoms with E-state index in [4.69, 9.17) is 0 Å². The number of hydrogen-bond donors (Lipinski definition) is 2. The number of hydrogen-bond acceptors (Lipinski definition) is 2. The van der Waals surface area contributed by atoms with E-state index in [1.807, 2.05) is 49.4 Å². The molecule has 0 radical (unpaired) electrons. The van der Waals surface area contributed by atoms with Gasteiger partial charge in [0.1, 0.15) is 0 Å². The summed E-state index contributed by atoms with van der Waals surface area (Å²) in [6, 6.07) is 13.4. The minimum absolute atomic E-state index is 0.216. The lowest BCUT2D eigenvalue weighted by Gasteiger charge is -2.14. The predicted octanol–water partition coefficient (Wildman–Crippen LogP) is 3.84. The standard InChI is InChI=1S/C17H21N3O/c1-12(2)15-9-4-5-10-16(15)20-17(21)18-11-14-8-6-7-13(3)19-14/h4-10,12H,11H2,1-3H3,(H2,18,20,21). The van der Waals surface area contributed by atoms with Gasteiger partial charge in [-0.25, -0.2) is 4.79 Å². The Balaban J connectivity index is 1.96. The van der Waals surface area contributed by atoms with Crippen LogP contribution in [-0.2, 0) is 6.54 Å². The van der Waals surface area contributed by atoms with E-state index in [-0.39, 0.29) is 6.03 Å². The first-order valence-corrected chi connectivity index (χ1v) is 7.12. The molecule has 0 atom stereocenters. The van der Waals surface area contributed by atoms with Gasteiger partial charge in [-0.15, -0.1) is 0 Å². The van der Waals surface area contributed by atoms with Crippen molar-refractivity contribution in [1.82, 2.24) is 10.3 Å². The van der Waals surface area contributed by atoms with Crippen molar-refractivity contribution in [2.45, 2.75) is 33.2 Å². The van der Waals surface area contributed by atoms with E-state index in [2.05, 4.69) is 29.5 Å². The first-order valence-electron chi connectivity index (χ1n) is 7.12. The number of rotatable bonds is 4. The zero-order valence-corrected chi connectivity index (χ0v) is 12.7. The van der Waals surface area contributed by atoms with Crippen molar-refractivity contribution in [2.75, 3.05) is 5.32 Å². The average molecular weight is 283 g/mol. The number of nitrogens with zero attached hydrogens (tertiary/aromatic N) is 1. The van der Waals surface area contributed by atoms with Gasteiger partial charge in [-0.3, -0.25) is 4.98 Å². The highest BCUT2D eigenvalue weighted by Crippen LogP contribution is 2.23. The third-order valence-electron chi connectivity index (χ3n) is 3.21. The monoisotopic (exact) mass is 283 g/mol. The second kappa shape index (κ2) is 6.88. The zero-order valence-electron chi connectivity index (χ0n) is 12.7. The van der Waals surface area contributed by atoms with Crippen LogP contribution < -0.4 is 10.6 Å². The molecule has 21 heavy (non-hydrogen) atoms. The molecule has 0 saturated carbocycles. The maximum absolute atomic E-state index is 12.0. The summed E-state index contributed by atoms with van der Waals surface area (Å²) in [5.41, 5.74) is 3.77. The van der Waals surface area contributed by atoms with E-state index >= 15 is 0 Å². The van der Waals surface area contributed by atoms with Gasteiger partial charge in [0, 0.05) is 11.4 Å². The molecule has 1 aromatic carbocycles. The van der Waals surface area contributed by atoms with Gasteiger partial charge < -0.3 is 10.6 Å². The number of carbonyl (C=O) groups is 1. The Morgan fingerprint density at radius 1 is 1.14 bits per heavy atom. The van der Waals surface area contributed by atoms with Gasteiger partial charge in [0.05, 0.1) is 12.2 Å². The molecule has 0 aliphatic heterocycles. The van der Waals surface area contributed by atoms with Crippen molar-refractivity contribution in [3.05, 3.63) is 59.4 Å². The van der Waals surface area contributed by atoms with Crippen molar-refractivity contribution in [1.29, 1.82) is 0 Å². The maximum atomic E-state index is 12.0. The number of nitrogens with one attached hydrogen (secondary N) is 2. The van der Waals surface area contributed by atoms with Gasteiger partial charge in [0.2, 0.25) is 0 Å². The van der Waals surface area contributed by atoms with Gasteiger partial charge in [0.15, 0.2) is 0 Å². The summed E-state index contributed by atoms with van der Waals surface area (Å²) in [6.45, 7) is 6.56. The molecule has 4 nitrogen and oxygen atoms in total. The van der Waals surface area contributed by atoms with Gasteiger partial charge in [-0.05, 0) is 36.6 Å². The number of carbonyl (C=O) groups excluding carboxylic acids is 1. The van der Waals surface area contributed by atoms with Crippen molar-refractivity contribution in [2.24, 2.45) is 0 Å². The molecule has 0 bridgehead atoms. The van der Waals surface area contributed by atoms with E-state index in [0.717, 1.165) is 22.6 Å². The number of anilines is 1. The Morgan fingerprint density at radius 3 is 2.62 bits per heavy atom. The molecule has 2 rings (SSSR count). The Morgan fingerprint density at radius 2 is 1.90 bits per heavy atom. The van der Waals surface area contributed by atoms with Crippen molar-refractivity contribution < 1.29 is 4.79 Å². The first-order chi connectivity index (χ1) is 10.1. The van der Waals surface area contributed by atoms with Gasteiger partial charge >= 0.3 is 6.03 Å². The molecule has 0 spiro atoms. The zero-order chi connectivity index (χ0) is 15.2. The van der Waals surface area contributed by atoms with Crippen molar-refractivity contribution in [3.63, 3.8) is 0 Å². The van der Waals surface area contributed by atoms with Crippen LogP contribution >= 0.6 is 0 Å². The molecule has 0 aliphatic rings. The molecule has 1 aromatic heterocycles. The highest BCUT2D eigenvalue weighted by Gasteiger charge is 2.08. The summed E-state index contributed by atoms with van der Waals surface area (Å²) >= 11 is 0. The molecular weight excluding hydrogens is 262 g/mol. The van der Waals surface area contributed by atoms with Crippen LogP contribution in [0.4, 0.5) is 10.5 Å². The van der Waals surface area contributed by atoms with E-state index in [0.29, 0.717) is 12.5 Å². The van der Waals surface area contributed by atoms with Crippen LogP contribution in [0.5, 0.6) is 0 Å². The average Bonchev–Trinajstić information content (AvgIpc) is 2.45. The number of pyridine rings is 1. The lowest BCUT2D eigenvalue weighted by atomic mass is 10.0. The third-order valence-corrected chi connectivity index (χ3v) is 3.21. The second-order valence-electron chi connectivity index (χ2n) is 5.32. The molecule has 0 fully saturated rings. The van der Waals surface area contributed by atoms with Crippen molar-refractivity contribution >= 4 is 11.7 Å². The number of aryl methyl sites for hydroxylation is 1. The summed E-state index contributed by atoms with van der Waals surface area (Å²) in [6.07, 6.45) is 0. The van der Waals surface area contributed by atoms with E-state index in [1.54, 1.807) is 0 Å². The fraction of sp³-hybridized carbons (Fsp3) is 0.294. The summed E-state index contributed by atoms with van der Waals surface area (Å²) in [5, 5.41) is 5.73. The van der Waals surface area contributed by atoms with Crippen LogP contribution in [0.3, 0.4) is 0 Å². The fourth-order valence-corrected chi connectivity index (χ4v) is 2.15. The largest absolute Gasteiger partial charge is 0.332 e. The Kier molecular flexibility index (Phi) is 4.93. The summed E-state index contributed by atoms with van der Waals surface area (Å²) in [7, 11) is 0. The van der Waals surface area contributed by atoms with Crippen LogP contribution in [0, 0.1) is 6.92 Å². The molecule has 2 aromatic rings. The van der Waals surface area contributed by atoms with Gasteiger partial charge in [0.25, 0.3) is 0 Å². The third kappa shape index (κ3) is 4.31. The Bertz CT molecular complexity index is 623. The molecule has 0 aliphatic carbocycles. The van der Waals surface area contributed by atoms with Crippen molar-refractivity contribution in [3.8, 4) is 0 Å². The number of para-hydroxylation sites is 1. The lowest BCUT2D eigenvalue weighted by Crippen LogP contribution is -2.29. The summed E-state index contributed by atoms with van der Waals surface area (Å²) in [4.78, 5) is 16.4. The first kappa shape index (κ1) is 15.0. The van der Waals surface area contributed by atoms with Crippen LogP contribution in [0.1, 0.15) is 36.7 Å². The second-order valence-corrected chi connectivity index (χ2v) is 5.32. The van der Waals surface area contributed by atoms with E-state index in [1.165, 1.54) is 0 Å². The lowest BCUT2D eigenvalue weighted by molar-refractivity contribution is 0.251. The molecule has 0 unspecified atom stereocenters. The topological polar surface area (TPSA) is 54.0 Å². The number of amides is 2. The predicted molar refractivity (Wildman–Crippen MR) is 85.4 cm³/mol. The highest BCUT2D eigenvalue weighted by molar-refractivity contribution is 5.90. The van der Waals surface area contributed by atoms with Crippen LogP contribution in [0.2, 0.25) is 0 Å². The molecule has 2 N–H and O–H groups in total. The summed E-state index contributed by atoms with van der Waals surface area (Å²) in [5.74, 6) is 0.361. The minimum Gasteiger partial charge on any atom is -0.332 e. The van der Waals surface area contributed by atoms with E-state index < -0.39 is 0 Å². The highest BCUT2D eigenvalue weighted by atomic mass is 16.2. The Hall–Kier alpha value is -2.36. The quantitative estimate of drug-likeness (QED) is 0.895. The SMILES string of the molecule is Cc1cccc(CNC(=O)Nc2ccccc2C(C)C)n1. The molecule has 1 heterocycles. The van der Waals surface area contributed by atoms with Crippen LogP contribution in [0.25, 0.3) is 0 Å². The molecule has 2 amide bonds. The van der Waals surface area contributed by atoms with Crippen LogP contribution in [-0.4, -0.2) is 11.0 Å². The smallest absolute Gasteiger partial charge is 0.319 e. The normalized spacial score (nSPS) is 10.5. The molecule has 0 saturated heterocycles. The Labute approximate surface area is 125 Å². The molecular formula is C17H21N3O. The molecule has 4 heteroatoms. The maximum Gasteiger partial charge on any atom is 0.319 e. The fourth-order valence-electron chi connectivity index (χ4n) is 2.15. The van der Waals surface area contributed by atoms with Gasteiger partial charge in [-0.1, -0.05) is 38.1 Å². The van der Waals surface area contributed by atoms with Gasteiger partial charge in [-0.2, -0.15) is 0 Å². The molecule has 110 valence electrons.